The molecule has 3 rings (SSSR count). The summed E-state index contributed by atoms with van der Waals surface area (Å²) in [6.45, 7) is 14.5. The second kappa shape index (κ2) is 8.19. The number of nitrogens with zero attached hydrogens (tertiary/aromatic N) is 2. The van der Waals surface area contributed by atoms with Gasteiger partial charge in [0.1, 0.15) is 0 Å². The van der Waals surface area contributed by atoms with E-state index in [9.17, 15) is 8.42 Å². The summed E-state index contributed by atoms with van der Waals surface area (Å²) < 4.78 is 34.4. The van der Waals surface area contributed by atoms with Crippen molar-refractivity contribution in [1.29, 1.82) is 0 Å². The summed E-state index contributed by atoms with van der Waals surface area (Å²) in [5, 5.41) is 0. The molecule has 0 saturated carbocycles. The van der Waals surface area contributed by atoms with Gasteiger partial charge < -0.3 is 4.74 Å². The molecular formula is C21H34N2O3S. The molecule has 2 saturated heterocycles. The molecule has 5 nitrogen and oxygen atoms in total. The molecule has 27 heavy (non-hydrogen) atoms. The van der Waals surface area contributed by atoms with E-state index in [2.05, 4.69) is 11.8 Å². The van der Waals surface area contributed by atoms with Crippen molar-refractivity contribution in [2.45, 2.75) is 64.9 Å². The van der Waals surface area contributed by atoms with Gasteiger partial charge in [-0.1, -0.05) is 0 Å². The molecule has 0 N–H and O–H groups in total. The fourth-order valence-electron chi connectivity index (χ4n) is 4.37. The Kier molecular flexibility index (Phi) is 6.31. The molecule has 0 amide bonds. The van der Waals surface area contributed by atoms with Gasteiger partial charge >= 0.3 is 0 Å². The number of hydrogen-bond donors (Lipinski definition) is 0. The van der Waals surface area contributed by atoms with Crippen molar-refractivity contribution in [3.8, 4) is 0 Å². The average Bonchev–Trinajstić information content (AvgIpc) is 2.66. The van der Waals surface area contributed by atoms with E-state index < -0.39 is 10.0 Å². The molecule has 0 radical (unpaired) electrons. The van der Waals surface area contributed by atoms with E-state index in [1.165, 1.54) is 12.0 Å². The van der Waals surface area contributed by atoms with Crippen LogP contribution in [0.15, 0.2) is 4.90 Å². The minimum absolute atomic E-state index is 0.314. The summed E-state index contributed by atoms with van der Waals surface area (Å²) in [4.78, 5) is 2.88. The molecule has 2 heterocycles. The summed E-state index contributed by atoms with van der Waals surface area (Å²) in [6, 6.07) is 0. The summed E-state index contributed by atoms with van der Waals surface area (Å²) in [7, 11) is -3.47. The van der Waals surface area contributed by atoms with Crippen LogP contribution < -0.4 is 0 Å². The Morgan fingerprint density at radius 1 is 0.852 bits per heavy atom. The van der Waals surface area contributed by atoms with Crippen LogP contribution in [0, 0.1) is 34.6 Å². The molecule has 2 aliphatic rings. The average molecular weight is 395 g/mol. The zero-order valence-corrected chi connectivity index (χ0v) is 18.3. The monoisotopic (exact) mass is 394 g/mol. The third kappa shape index (κ3) is 4.09. The quantitative estimate of drug-likeness (QED) is 0.787. The number of piperazine rings is 1. The third-order valence-electron chi connectivity index (χ3n) is 6.60. The highest BCUT2D eigenvalue weighted by molar-refractivity contribution is 7.89. The van der Waals surface area contributed by atoms with Crippen molar-refractivity contribution < 1.29 is 13.2 Å². The lowest BCUT2D eigenvalue weighted by atomic mass is 9.95. The van der Waals surface area contributed by atoms with Crippen LogP contribution in [0.1, 0.15) is 47.1 Å². The number of hydrogen-bond acceptors (Lipinski definition) is 4. The highest BCUT2D eigenvalue weighted by Crippen LogP contribution is 2.32. The van der Waals surface area contributed by atoms with Gasteiger partial charge in [0.05, 0.1) is 11.0 Å². The van der Waals surface area contributed by atoms with Crippen LogP contribution >= 0.6 is 0 Å². The number of ether oxygens (including phenoxy) is 1. The minimum atomic E-state index is -3.47. The molecule has 2 fully saturated rings. The number of sulfonamides is 1. The molecule has 0 spiro atoms. The zero-order valence-electron chi connectivity index (χ0n) is 17.5. The Bertz CT molecular complexity index is 761. The van der Waals surface area contributed by atoms with Crippen LogP contribution in [0.4, 0.5) is 0 Å². The van der Waals surface area contributed by atoms with E-state index in [0.29, 0.717) is 24.1 Å². The van der Waals surface area contributed by atoms with Crippen molar-refractivity contribution >= 4 is 10.0 Å². The third-order valence-corrected chi connectivity index (χ3v) is 8.77. The molecule has 1 atom stereocenters. The fourth-order valence-corrected chi connectivity index (χ4v) is 6.36. The molecule has 1 aromatic rings. The highest BCUT2D eigenvalue weighted by atomic mass is 32.2. The molecule has 152 valence electrons. The molecule has 2 aliphatic heterocycles. The summed E-state index contributed by atoms with van der Waals surface area (Å²) in [5.74, 6) is 0. The van der Waals surface area contributed by atoms with E-state index in [0.717, 1.165) is 61.3 Å². The van der Waals surface area contributed by atoms with Crippen molar-refractivity contribution in [2.24, 2.45) is 0 Å². The molecule has 0 aromatic heterocycles. The van der Waals surface area contributed by atoms with Crippen molar-refractivity contribution in [1.82, 2.24) is 9.21 Å². The Labute approximate surface area is 164 Å². The maximum atomic E-state index is 13.4. The smallest absolute Gasteiger partial charge is 0.243 e. The first-order valence-electron chi connectivity index (χ1n) is 10.1. The second-order valence-corrected chi connectivity index (χ2v) is 10.0. The van der Waals surface area contributed by atoms with Crippen LogP contribution in [0.5, 0.6) is 0 Å². The summed E-state index contributed by atoms with van der Waals surface area (Å²) in [5.41, 5.74) is 5.16. The first-order valence-corrected chi connectivity index (χ1v) is 11.6. The predicted octanol–water partition coefficient (Wildman–Crippen LogP) is 3.10. The number of rotatable bonds is 4. The van der Waals surface area contributed by atoms with E-state index in [4.69, 9.17) is 4.74 Å². The first-order chi connectivity index (χ1) is 12.7. The lowest BCUT2D eigenvalue weighted by Gasteiger charge is -2.37. The van der Waals surface area contributed by atoms with Gasteiger partial charge in [-0.3, -0.25) is 4.90 Å². The van der Waals surface area contributed by atoms with Crippen LogP contribution in [-0.2, 0) is 14.8 Å². The molecule has 0 bridgehead atoms. The standard InChI is InChI=1S/C21H34N2O3S/c1-15-16(2)18(4)21(19(5)17(15)3)27(24,25)23-11-9-22(10-12-23)14-20-8-6-7-13-26-20/h20H,6-14H2,1-5H3/t20-/m1/s1. The Hall–Kier alpha value is -0.950. The molecular weight excluding hydrogens is 360 g/mol. The molecule has 0 unspecified atom stereocenters. The first kappa shape index (κ1) is 20.8. The topological polar surface area (TPSA) is 49.9 Å². The van der Waals surface area contributed by atoms with E-state index in [1.807, 2.05) is 27.7 Å². The van der Waals surface area contributed by atoms with Crippen molar-refractivity contribution in [2.75, 3.05) is 39.3 Å². The Balaban J connectivity index is 1.74. The van der Waals surface area contributed by atoms with Gasteiger partial charge in [0.15, 0.2) is 0 Å². The molecule has 0 aliphatic carbocycles. The maximum Gasteiger partial charge on any atom is 0.243 e. The van der Waals surface area contributed by atoms with Crippen molar-refractivity contribution in [3.63, 3.8) is 0 Å². The van der Waals surface area contributed by atoms with E-state index in [-0.39, 0.29) is 0 Å². The van der Waals surface area contributed by atoms with Crippen LogP contribution in [-0.4, -0.2) is 63.1 Å². The molecule has 1 aromatic carbocycles. The lowest BCUT2D eigenvalue weighted by Crippen LogP contribution is -2.51. The summed E-state index contributed by atoms with van der Waals surface area (Å²) in [6.07, 6.45) is 3.84. The normalized spacial score (nSPS) is 22.9. The van der Waals surface area contributed by atoms with Gasteiger partial charge in [-0.2, -0.15) is 4.31 Å². The second-order valence-electron chi connectivity index (χ2n) is 8.15. The largest absolute Gasteiger partial charge is 0.377 e. The predicted molar refractivity (Wildman–Crippen MR) is 109 cm³/mol. The van der Waals surface area contributed by atoms with E-state index >= 15 is 0 Å². The number of benzene rings is 1. The Morgan fingerprint density at radius 3 is 1.93 bits per heavy atom. The zero-order chi connectivity index (χ0) is 19.8. The Morgan fingerprint density at radius 2 is 1.41 bits per heavy atom. The maximum absolute atomic E-state index is 13.4. The van der Waals surface area contributed by atoms with Gasteiger partial charge in [-0.15, -0.1) is 0 Å². The SMILES string of the molecule is Cc1c(C)c(C)c(S(=O)(=O)N2CCN(C[C@H]3CCCCO3)CC2)c(C)c1C. The van der Waals surface area contributed by atoms with Crippen molar-refractivity contribution in [3.05, 3.63) is 27.8 Å². The highest BCUT2D eigenvalue weighted by Gasteiger charge is 2.33. The van der Waals surface area contributed by atoms with Crippen LogP contribution in [0.2, 0.25) is 0 Å². The van der Waals surface area contributed by atoms with Gasteiger partial charge in [0, 0.05) is 39.3 Å². The van der Waals surface area contributed by atoms with Gasteiger partial charge in [-0.25, -0.2) is 8.42 Å². The minimum Gasteiger partial charge on any atom is -0.377 e. The molecule has 6 heteroatoms. The van der Waals surface area contributed by atoms with Crippen LogP contribution in [0.25, 0.3) is 0 Å². The fraction of sp³-hybridized carbons (Fsp3) is 0.714. The van der Waals surface area contributed by atoms with E-state index in [1.54, 1.807) is 4.31 Å². The van der Waals surface area contributed by atoms with Gasteiger partial charge in [-0.05, 0) is 81.7 Å². The van der Waals surface area contributed by atoms with Crippen LogP contribution in [0.3, 0.4) is 0 Å². The summed E-state index contributed by atoms with van der Waals surface area (Å²) >= 11 is 0. The van der Waals surface area contributed by atoms with Gasteiger partial charge in [0.25, 0.3) is 0 Å². The van der Waals surface area contributed by atoms with Gasteiger partial charge in [0.2, 0.25) is 10.0 Å². The lowest BCUT2D eigenvalue weighted by molar-refractivity contribution is -0.0103.